The number of hydrogen-bond donors (Lipinski definition) is 2. The van der Waals surface area contributed by atoms with Crippen LogP contribution in [0.2, 0.25) is 5.02 Å². The zero-order valence-electron chi connectivity index (χ0n) is 17.1. The second-order valence-electron chi connectivity index (χ2n) is 8.46. The summed E-state index contributed by atoms with van der Waals surface area (Å²) < 4.78 is 29.4. The second-order valence-corrected chi connectivity index (χ2v) is 10.4. The molecule has 2 amide bonds. The normalized spacial score (nSPS) is 19.9. The third kappa shape index (κ3) is 5.11. The molecule has 9 heteroatoms. The van der Waals surface area contributed by atoms with Crippen LogP contribution in [0.15, 0.2) is 34.2 Å². The average molecular weight is 439 g/mol. The number of carbonyl (C=O) groups excluding carboxylic acids is 1. The van der Waals surface area contributed by atoms with E-state index in [0.29, 0.717) is 35.1 Å². The van der Waals surface area contributed by atoms with Gasteiger partial charge in [0.25, 0.3) is 10.0 Å². The molecule has 0 unspecified atom stereocenters. The summed E-state index contributed by atoms with van der Waals surface area (Å²) in [6.07, 6.45) is 1.44. The summed E-state index contributed by atoms with van der Waals surface area (Å²) in [6, 6.07) is 6.60. The molecule has 0 radical (unpaired) electrons. The Labute approximate surface area is 177 Å². The van der Waals surface area contributed by atoms with Crippen LogP contribution in [0.1, 0.15) is 46.1 Å². The van der Waals surface area contributed by atoms with E-state index in [1.165, 1.54) is 0 Å². The fourth-order valence-electron chi connectivity index (χ4n) is 3.58. The molecule has 158 valence electrons. The van der Waals surface area contributed by atoms with Gasteiger partial charge in [0.05, 0.1) is 0 Å². The maximum absolute atomic E-state index is 12.7. The Morgan fingerprint density at radius 1 is 1.17 bits per heavy atom. The van der Waals surface area contributed by atoms with Crippen LogP contribution in [-0.2, 0) is 10.0 Å². The summed E-state index contributed by atoms with van der Waals surface area (Å²) >= 11 is 5.92. The van der Waals surface area contributed by atoms with Gasteiger partial charge in [-0.3, -0.25) is 0 Å². The fraction of sp³-hybridized carbons (Fsp3) is 0.500. The number of rotatable bonds is 2. The predicted molar refractivity (Wildman–Crippen MR) is 116 cm³/mol. The minimum atomic E-state index is -3.75. The first-order valence-electron chi connectivity index (χ1n) is 9.62. The van der Waals surface area contributed by atoms with Crippen molar-refractivity contribution < 1.29 is 13.2 Å². The Balaban J connectivity index is 1.69. The molecule has 2 heterocycles. The minimum Gasteiger partial charge on any atom is -0.356 e. The SMILES string of the molecule is CC1=C(c2ccc(Cl)cc2)S(=O)(=O)N=C1N1CCC(NC(=O)NC(C)(C)C)CC1. The number of nitrogens with zero attached hydrogens (tertiary/aromatic N) is 2. The second kappa shape index (κ2) is 7.99. The Morgan fingerprint density at radius 3 is 2.31 bits per heavy atom. The molecule has 29 heavy (non-hydrogen) atoms. The lowest BCUT2D eigenvalue weighted by molar-refractivity contribution is 0.218. The molecule has 1 saturated heterocycles. The van der Waals surface area contributed by atoms with E-state index < -0.39 is 10.0 Å². The van der Waals surface area contributed by atoms with Crippen molar-refractivity contribution in [2.75, 3.05) is 13.1 Å². The van der Waals surface area contributed by atoms with Crippen LogP contribution < -0.4 is 10.6 Å². The van der Waals surface area contributed by atoms with E-state index in [1.54, 1.807) is 31.2 Å². The first-order chi connectivity index (χ1) is 13.5. The summed E-state index contributed by atoms with van der Waals surface area (Å²) in [6.45, 7) is 8.83. The monoisotopic (exact) mass is 438 g/mol. The lowest BCUT2D eigenvalue weighted by Gasteiger charge is -2.34. The lowest BCUT2D eigenvalue weighted by atomic mass is 10.0. The summed E-state index contributed by atoms with van der Waals surface area (Å²) in [5, 5.41) is 6.44. The molecular formula is C20H27ClN4O3S. The number of piperidine rings is 1. The molecule has 1 fully saturated rings. The van der Waals surface area contributed by atoms with E-state index in [2.05, 4.69) is 15.0 Å². The molecule has 0 saturated carbocycles. The quantitative estimate of drug-likeness (QED) is 0.740. The number of nitrogens with one attached hydrogen (secondary N) is 2. The number of halogens is 1. The number of amides is 2. The maximum Gasteiger partial charge on any atom is 0.315 e. The molecule has 0 aliphatic carbocycles. The number of likely N-dealkylation sites (tertiary alicyclic amines) is 1. The third-order valence-corrected chi connectivity index (χ3v) is 6.59. The Kier molecular flexibility index (Phi) is 5.96. The van der Waals surface area contributed by atoms with E-state index in [-0.39, 0.29) is 22.5 Å². The van der Waals surface area contributed by atoms with Crippen molar-refractivity contribution in [1.29, 1.82) is 0 Å². The first kappa shape index (κ1) is 21.6. The molecular weight excluding hydrogens is 412 g/mol. The molecule has 0 aromatic heterocycles. The summed E-state index contributed by atoms with van der Waals surface area (Å²) in [5.74, 6) is 0.493. The minimum absolute atomic E-state index is 0.0484. The van der Waals surface area contributed by atoms with Gasteiger partial charge in [0.15, 0.2) is 0 Å². The molecule has 2 N–H and O–H groups in total. The molecule has 3 rings (SSSR count). The van der Waals surface area contributed by atoms with Crippen molar-refractivity contribution in [2.45, 2.75) is 52.1 Å². The molecule has 7 nitrogen and oxygen atoms in total. The highest BCUT2D eigenvalue weighted by Crippen LogP contribution is 2.34. The van der Waals surface area contributed by atoms with E-state index >= 15 is 0 Å². The Hall–Kier alpha value is -2.06. The summed E-state index contributed by atoms with van der Waals surface area (Å²) in [7, 11) is -3.75. The van der Waals surface area contributed by atoms with Crippen LogP contribution in [0.3, 0.4) is 0 Å². The number of urea groups is 1. The van der Waals surface area contributed by atoms with Crippen molar-refractivity contribution >= 4 is 38.4 Å². The van der Waals surface area contributed by atoms with Crippen LogP contribution in [0, 0.1) is 0 Å². The van der Waals surface area contributed by atoms with Crippen LogP contribution >= 0.6 is 11.6 Å². The van der Waals surface area contributed by atoms with Gasteiger partial charge in [0.1, 0.15) is 10.7 Å². The van der Waals surface area contributed by atoms with E-state index in [0.717, 1.165) is 12.8 Å². The predicted octanol–water partition coefficient (Wildman–Crippen LogP) is 3.38. The fourth-order valence-corrected chi connectivity index (χ4v) is 5.19. The molecule has 1 aromatic rings. The van der Waals surface area contributed by atoms with Crippen LogP contribution in [0.4, 0.5) is 4.79 Å². The van der Waals surface area contributed by atoms with Gasteiger partial charge < -0.3 is 15.5 Å². The summed E-state index contributed by atoms with van der Waals surface area (Å²) in [5.41, 5.74) is 0.933. The van der Waals surface area contributed by atoms with Crippen molar-refractivity contribution in [2.24, 2.45) is 4.40 Å². The highest BCUT2D eigenvalue weighted by atomic mass is 35.5. The third-order valence-electron chi connectivity index (χ3n) is 4.87. The number of benzene rings is 1. The van der Waals surface area contributed by atoms with Gasteiger partial charge in [-0.1, -0.05) is 23.7 Å². The van der Waals surface area contributed by atoms with Crippen LogP contribution in [-0.4, -0.2) is 49.9 Å². The van der Waals surface area contributed by atoms with E-state index in [1.807, 2.05) is 25.7 Å². The number of carbonyl (C=O) groups is 1. The molecule has 0 bridgehead atoms. The van der Waals surface area contributed by atoms with Crippen molar-refractivity contribution in [3.63, 3.8) is 0 Å². The Morgan fingerprint density at radius 2 is 1.76 bits per heavy atom. The molecule has 0 atom stereocenters. The van der Waals surface area contributed by atoms with Crippen molar-refractivity contribution in [3.8, 4) is 0 Å². The highest BCUT2D eigenvalue weighted by Gasteiger charge is 2.35. The molecule has 0 spiro atoms. The number of amidine groups is 1. The smallest absolute Gasteiger partial charge is 0.315 e. The lowest BCUT2D eigenvalue weighted by Crippen LogP contribution is -2.52. The maximum atomic E-state index is 12.7. The van der Waals surface area contributed by atoms with Crippen LogP contribution in [0.5, 0.6) is 0 Å². The van der Waals surface area contributed by atoms with Crippen molar-refractivity contribution in [1.82, 2.24) is 15.5 Å². The van der Waals surface area contributed by atoms with Crippen LogP contribution in [0.25, 0.3) is 4.91 Å². The van der Waals surface area contributed by atoms with Gasteiger partial charge in [0, 0.05) is 35.3 Å². The van der Waals surface area contributed by atoms with Gasteiger partial charge in [-0.2, -0.15) is 8.42 Å². The van der Waals surface area contributed by atoms with Gasteiger partial charge in [-0.05, 0) is 58.2 Å². The average Bonchev–Trinajstić information content (AvgIpc) is 2.84. The Bertz CT molecular complexity index is 954. The topological polar surface area (TPSA) is 90.9 Å². The van der Waals surface area contributed by atoms with Gasteiger partial charge in [0.2, 0.25) is 0 Å². The first-order valence-corrected chi connectivity index (χ1v) is 11.4. The van der Waals surface area contributed by atoms with Gasteiger partial charge >= 0.3 is 6.03 Å². The number of sulfonamides is 1. The van der Waals surface area contributed by atoms with E-state index in [9.17, 15) is 13.2 Å². The molecule has 1 aromatic carbocycles. The zero-order valence-corrected chi connectivity index (χ0v) is 18.7. The highest BCUT2D eigenvalue weighted by molar-refractivity contribution is 8.00. The largest absolute Gasteiger partial charge is 0.356 e. The standard InChI is InChI=1S/C20H27ClN4O3S/c1-13-17(14-5-7-15(21)8-6-14)29(27,28)24-18(13)25-11-9-16(10-12-25)22-19(26)23-20(2,3)4/h5-8,16H,9-12H2,1-4H3,(H2,22,23,26). The van der Waals surface area contributed by atoms with Crippen molar-refractivity contribution in [3.05, 3.63) is 40.4 Å². The zero-order chi connectivity index (χ0) is 21.4. The van der Waals surface area contributed by atoms with Gasteiger partial charge in [-0.25, -0.2) is 4.79 Å². The summed E-state index contributed by atoms with van der Waals surface area (Å²) in [4.78, 5) is 14.3. The van der Waals surface area contributed by atoms with Gasteiger partial charge in [-0.15, -0.1) is 4.40 Å². The molecule has 2 aliphatic heterocycles. The molecule has 2 aliphatic rings. The van der Waals surface area contributed by atoms with E-state index in [4.69, 9.17) is 11.6 Å². The number of hydrogen-bond acceptors (Lipinski definition) is 4.